The Balaban J connectivity index is 2.28. The zero-order valence-corrected chi connectivity index (χ0v) is 14.8. The van der Waals surface area contributed by atoms with Crippen LogP contribution in [0.5, 0.6) is 0 Å². The second-order valence-electron chi connectivity index (χ2n) is 3.88. The summed E-state index contributed by atoms with van der Waals surface area (Å²) < 4.78 is 23.5. The van der Waals surface area contributed by atoms with Gasteiger partial charge < -0.3 is 5.32 Å². The molecular formula is C11H7BrCl2N2O3S2. The van der Waals surface area contributed by atoms with Gasteiger partial charge in [-0.1, -0.05) is 23.2 Å². The summed E-state index contributed by atoms with van der Waals surface area (Å²) in [5.41, 5.74) is 0.625. The Kier molecular flexibility index (Phi) is 4.96. The quantitative estimate of drug-likeness (QED) is 0.778. The van der Waals surface area contributed by atoms with Gasteiger partial charge in [0, 0.05) is 4.47 Å². The Labute approximate surface area is 143 Å². The van der Waals surface area contributed by atoms with E-state index in [1.807, 2.05) is 0 Å². The van der Waals surface area contributed by atoms with E-state index in [0.29, 0.717) is 14.5 Å². The van der Waals surface area contributed by atoms with Gasteiger partial charge in [0.2, 0.25) is 10.0 Å². The molecule has 0 aliphatic carbocycles. The van der Waals surface area contributed by atoms with Gasteiger partial charge in [-0.05, 0) is 40.2 Å². The predicted octanol–water partition coefficient (Wildman–Crippen LogP) is 3.72. The van der Waals surface area contributed by atoms with Crippen LogP contribution < -0.4 is 10.5 Å². The number of hydrogen-bond acceptors (Lipinski definition) is 4. The number of anilines is 1. The summed E-state index contributed by atoms with van der Waals surface area (Å²) >= 11 is 15.9. The summed E-state index contributed by atoms with van der Waals surface area (Å²) in [6.45, 7) is 0. The van der Waals surface area contributed by atoms with E-state index in [1.165, 1.54) is 24.3 Å². The van der Waals surface area contributed by atoms with E-state index in [0.717, 1.165) is 11.3 Å². The summed E-state index contributed by atoms with van der Waals surface area (Å²) in [5.74, 6) is -0.452. The minimum absolute atomic E-state index is 0.0658. The van der Waals surface area contributed by atoms with Crippen LogP contribution in [-0.2, 0) is 10.0 Å². The van der Waals surface area contributed by atoms with Crippen LogP contribution >= 0.6 is 50.5 Å². The number of carbonyl (C=O) groups is 1. The smallest absolute Gasteiger partial charge is 0.258 e. The molecule has 21 heavy (non-hydrogen) atoms. The molecule has 0 aliphatic heterocycles. The number of primary sulfonamides is 1. The van der Waals surface area contributed by atoms with Crippen LogP contribution in [0.1, 0.15) is 10.4 Å². The molecule has 3 N–H and O–H groups in total. The van der Waals surface area contributed by atoms with Crippen LogP contribution in [0.2, 0.25) is 8.67 Å². The standard InChI is InChI=1S/C11H7BrCl2N2O3S2/c12-7-3-5(21(15,18)19)1-2-8(7)16-11(17)6-4-9(13)20-10(6)14/h1-4H,(H,16,17)(H2,15,18,19). The number of hydrogen-bond donors (Lipinski definition) is 2. The number of benzene rings is 1. The molecular weight excluding hydrogens is 423 g/mol. The summed E-state index contributed by atoms with van der Waals surface area (Å²) in [5, 5.41) is 7.63. The lowest BCUT2D eigenvalue weighted by Crippen LogP contribution is -2.14. The summed E-state index contributed by atoms with van der Waals surface area (Å²) in [4.78, 5) is 12.0. The van der Waals surface area contributed by atoms with Crippen LogP contribution in [0.4, 0.5) is 5.69 Å². The number of rotatable bonds is 3. The van der Waals surface area contributed by atoms with E-state index in [-0.39, 0.29) is 14.8 Å². The second-order valence-corrected chi connectivity index (χ2v) is 8.58. The first kappa shape index (κ1) is 16.7. The van der Waals surface area contributed by atoms with Crippen molar-refractivity contribution >= 4 is 72.1 Å². The van der Waals surface area contributed by atoms with Gasteiger partial charge in [-0.2, -0.15) is 0 Å². The Hall–Kier alpha value is -0.640. The van der Waals surface area contributed by atoms with Crippen molar-refractivity contribution in [3.05, 3.63) is 43.0 Å². The molecule has 1 aromatic carbocycles. The van der Waals surface area contributed by atoms with Gasteiger partial charge in [0.25, 0.3) is 5.91 Å². The van der Waals surface area contributed by atoms with Crippen molar-refractivity contribution in [2.24, 2.45) is 5.14 Å². The lowest BCUT2D eigenvalue weighted by molar-refractivity contribution is 0.102. The number of nitrogens with two attached hydrogens (primary N) is 1. The highest BCUT2D eigenvalue weighted by molar-refractivity contribution is 9.10. The molecule has 0 atom stereocenters. The Morgan fingerprint density at radius 2 is 1.95 bits per heavy atom. The molecule has 112 valence electrons. The largest absolute Gasteiger partial charge is 0.321 e. The van der Waals surface area contributed by atoms with Gasteiger partial charge in [0.05, 0.1) is 20.5 Å². The maximum Gasteiger partial charge on any atom is 0.258 e. The first-order chi connectivity index (χ1) is 9.68. The van der Waals surface area contributed by atoms with Crippen molar-refractivity contribution in [2.45, 2.75) is 4.90 Å². The third-order valence-corrected chi connectivity index (χ3v) is 5.47. The molecule has 5 nitrogen and oxygen atoms in total. The Bertz CT molecular complexity index is 821. The first-order valence-electron chi connectivity index (χ1n) is 5.27. The van der Waals surface area contributed by atoms with E-state index in [4.69, 9.17) is 28.3 Å². The SMILES string of the molecule is NS(=O)(=O)c1ccc(NC(=O)c2cc(Cl)sc2Cl)c(Br)c1. The average molecular weight is 430 g/mol. The highest BCUT2D eigenvalue weighted by Crippen LogP contribution is 2.32. The molecule has 0 fully saturated rings. The summed E-state index contributed by atoms with van der Waals surface area (Å²) in [7, 11) is -3.81. The zero-order chi connectivity index (χ0) is 15.8. The van der Waals surface area contributed by atoms with Gasteiger partial charge in [0.1, 0.15) is 4.34 Å². The lowest BCUT2D eigenvalue weighted by Gasteiger charge is -2.08. The number of amides is 1. The van der Waals surface area contributed by atoms with Crippen molar-refractivity contribution in [1.29, 1.82) is 0 Å². The monoisotopic (exact) mass is 428 g/mol. The molecule has 0 bridgehead atoms. The number of carbonyl (C=O) groups excluding carboxylic acids is 1. The Morgan fingerprint density at radius 1 is 1.29 bits per heavy atom. The van der Waals surface area contributed by atoms with Crippen molar-refractivity contribution in [3.63, 3.8) is 0 Å². The fourth-order valence-electron chi connectivity index (χ4n) is 1.46. The first-order valence-corrected chi connectivity index (χ1v) is 9.18. The fourth-order valence-corrected chi connectivity index (χ4v) is 4.09. The lowest BCUT2D eigenvalue weighted by atomic mass is 10.3. The van der Waals surface area contributed by atoms with E-state index >= 15 is 0 Å². The molecule has 1 heterocycles. The molecule has 0 aliphatic rings. The molecule has 1 aromatic heterocycles. The number of halogens is 3. The molecule has 1 amide bonds. The summed E-state index contributed by atoms with van der Waals surface area (Å²) in [6.07, 6.45) is 0. The van der Waals surface area contributed by atoms with Crippen LogP contribution in [-0.4, -0.2) is 14.3 Å². The third-order valence-electron chi connectivity index (χ3n) is 2.42. The minimum Gasteiger partial charge on any atom is -0.321 e. The second kappa shape index (κ2) is 6.23. The molecule has 2 aromatic rings. The minimum atomic E-state index is -3.81. The van der Waals surface area contributed by atoms with Crippen molar-refractivity contribution < 1.29 is 13.2 Å². The highest BCUT2D eigenvalue weighted by atomic mass is 79.9. The average Bonchev–Trinajstić information content (AvgIpc) is 2.69. The van der Waals surface area contributed by atoms with Gasteiger partial charge >= 0.3 is 0 Å². The molecule has 0 radical (unpaired) electrons. The molecule has 10 heteroatoms. The highest BCUT2D eigenvalue weighted by Gasteiger charge is 2.16. The van der Waals surface area contributed by atoms with Gasteiger partial charge in [-0.3, -0.25) is 4.79 Å². The van der Waals surface area contributed by atoms with Crippen LogP contribution in [0, 0.1) is 0 Å². The molecule has 0 saturated heterocycles. The van der Waals surface area contributed by atoms with Crippen molar-refractivity contribution in [1.82, 2.24) is 0 Å². The van der Waals surface area contributed by atoms with Crippen molar-refractivity contribution in [2.75, 3.05) is 5.32 Å². The van der Waals surface area contributed by atoms with E-state index in [2.05, 4.69) is 21.2 Å². The Morgan fingerprint density at radius 3 is 2.43 bits per heavy atom. The zero-order valence-electron chi connectivity index (χ0n) is 10.1. The molecule has 2 rings (SSSR count). The van der Waals surface area contributed by atoms with Crippen molar-refractivity contribution in [3.8, 4) is 0 Å². The van der Waals surface area contributed by atoms with Crippen LogP contribution in [0.25, 0.3) is 0 Å². The number of nitrogens with one attached hydrogen (secondary N) is 1. The predicted molar refractivity (Wildman–Crippen MR) is 87.8 cm³/mol. The molecule has 0 saturated carbocycles. The molecule has 0 spiro atoms. The van der Waals surface area contributed by atoms with E-state index < -0.39 is 15.9 Å². The molecule has 0 unspecified atom stereocenters. The maximum atomic E-state index is 12.1. The van der Waals surface area contributed by atoms with E-state index in [1.54, 1.807) is 0 Å². The third kappa shape index (κ3) is 3.97. The van der Waals surface area contributed by atoms with Crippen LogP contribution in [0.3, 0.4) is 0 Å². The fraction of sp³-hybridized carbons (Fsp3) is 0. The van der Waals surface area contributed by atoms with Crippen LogP contribution in [0.15, 0.2) is 33.6 Å². The van der Waals surface area contributed by atoms with Gasteiger partial charge in [0.15, 0.2) is 0 Å². The van der Waals surface area contributed by atoms with Gasteiger partial charge in [-0.25, -0.2) is 13.6 Å². The number of sulfonamides is 1. The topological polar surface area (TPSA) is 89.3 Å². The van der Waals surface area contributed by atoms with Gasteiger partial charge in [-0.15, -0.1) is 11.3 Å². The maximum absolute atomic E-state index is 12.1. The summed E-state index contributed by atoms with van der Waals surface area (Å²) in [6, 6.07) is 5.46. The normalized spacial score (nSPS) is 11.4. The van der Waals surface area contributed by atoms with E-state index in [9.17, 15) is 13.2 Å². The number of thiophene rings is 1.